The number of ether oxygens (including phenoxy) is 1. The fourth-order valence-electron chi connectivity index (χ4n) is 2.36. The summed E-state index contributed by atoms with van der Waals surface area (Å²) in [6, 6.07) is 2.13. The maximum Gasteiger partial charge on any atom is 0.103 e. The monoisotopic (exact) mass is 248 g/mol. The summed E-state index contributed by atoms with van der Waals surface area (Å²) in [6.45, 7) is 2.85. The highest BCUT2D eigenvalue weighted by Gasteiger charge is 2.21. The van der Waals surface area contributed by atoms with Crippen LogP contribution in [0.1, 0.15) is 50.1 Å². The van der Waals surface area contributed by atoms with Crippen LogP contribution in [-0.4, -0.2) is 22.1 Å². The minimum atomic E-state index is -0.0651. The van der Waals surface area contributed by atoms with Crippen LogP contribution in [0, 0.1) is 17.2 Å². The summed E-state index contributed by atoms with van der Waals surface area (Å²) in [6.07, 6.45) is 5.43. The van der Waals surface area contributed by atoms with Crippen LogP contribution in [0.5, 0.6) is 0 Å². The van der Waals surface area contributed by atoms with E-state index in [9.17, 15) is 0 Å². The minimum Gasteiger partial charge on any atom is -0.375 e. The standard InChI is InChI=1S/C13H20N4O/c1-10(18-2)13-12(6-8-14)15-16-17(13)9-7-11-4-3-5-11/h10-11H,3-7,9H2,1-2H3. The van der Waals surface area contributed by atoms with Crippen molar-refractivity contribution in [3.8, 4) is 6.07 Å². The first kappa shape index (κ1) is 13.0. The van der Waals surface area contributed by atoms with Gasteiger partial charge in [-0.25, -0.2) is 4.68 Å². The summed E-state index contributed by atoms with van der Waals surface area (Å²) in [7, 11) is 1.67. The quantitative estimate of drug-likeness (QED) is 0.774. The topological polar surface area (TPSA) is 63.7 Å². The summed E-state index contributed by atoms with van der Waals surface area (Å²) in [5.41, 5.74) is 1.71. The molecule has 1 saturated carbocycles. The molecule has 2 rings (SSSR count). The molecule has 1 aliphatic rings. The van der Waals surface area contributed by atoms with Gasteiger partial charge >= 0.3 is 0 Å². The Labute approximate surface area is 108 Å². The second-order valence-corrected chi connectivity index (χ2v) is 4.94. The van der Waals surface area contributed by atoms with Crippen LogP contribution in [-0.2, 0) is 17.7 Å². The van der Waals surface area contributed by atoms with Crippen molar-refractivity contribution in [1.82, 2.24) is 15.0 Å². The molecule has 0 bridgehead atoms. The van der Waals surface area contributed by atoms with Crippen molar-refractivity contribution in [3.05, 3.63) is 11.4 Å². The molecule has 0 saturated heterocycles. The number of hydrogen-bond acceptors (Lipinski definition) is 4. The first-order valence-electron chi connectivity index (χ1n) is 6.58. The lowest BCUT2D eigenvalue weighted by atomic mass is 9.83. The van der Waals surface area contributed by atoms with E-state index in [4.69, 9.17) is 10.00 Å². The molecule has 1 heterocycles. The first-order chi connectivity index (χ1) is 8.76. The first-order valence-corrected chi connectivity index (χ1v) is 6.58. The van der Waals surface area contributed by atoms with Crippen molar-refractivity contribution in [3.63, 3.8) is 0 Å². The SMILES string of the molecule is COC(C)c1c(CC#N)nnn1CCC1CCC1. The Morgan fingerprint density at radius 2 is 2.33 bits per heavy atom. The van der Waals surface area contributed by atoms with Gasteiger partial charge in [0, 0.05) is 13.7 Å². The smallest absolute Gasteiger partial charge is 0.103 e. The Kier molecular flexibility index (Phi) is 4.32. The molecule has 98 valence electrons. The molecule has 1 unspecified atom stereocenters. The maximum atomic E-state index is 8.81. The van der Waals surface area contributed by atoms with Crippen LogP contribution < -0.4 is 0 Å². The van der Waals surface area contributed by atoms with Crippen molar-refractivity contribution in [2.24, 2.45) is 5.92 Å². The van der Waals surface area contributed by atoms with Crippen molar-refractivity contribution in [2.45, 2.75) is 51.7 Å². The second-order valence-electron chi connectivity index (χ2n) is 4.94. The maximum absolute atomic E-state index is 8.81. The highest BCUT2D eigenvalue weighted by Crippen LogP contribution is 2.30. The van der Waals surface area contributed by atoms with E-state index in [1.54, 1.807) is 7.11 Å². The van der Waals surface area contributed by atoms with Crippen LogP contribution in [0.3, 0.4) is 0 Å². The number of aryl methyl sites for hydroxylation is 1. The lowest BCUT2D eigenvalue weighted by Gasteiger charge is -2.25. The number of hydrogen-bond donors (Lipinski definition) is 0. The lowest BCUT2D eigenvalue weighted by Crippen LogP contribution is -2.17. The van der Waals surface area contributed by atoms with Gasteiger partial charge in [0.15, 0.2) is 0 Å². The molecular formula is C13H20N4O. The molecular weight excluding hydrogens is 228 g/mol. The Balaban J connectivity index is 2.09. The summed E-state index contributed by atoms with van der Waals surface area (Å²) < 4.78 is 7.27. The van der Waals surface area contributed by atoms with E-state index >= 15 is 0 Å². The predicted molar refractivity (Wildman–Crippen MR) is 66.7 cm³/mol. The van der Waals surface area contributed by atoms with Crippen LogP contribution >= 0.6 is 0 Å². The third-order valence-corrected chi connectivity index (χ3v) is 3.81. The van der Waals surface area contributed by atoms with Gasteiger partial charge in [-0.3, -0.25) is 0 Å². The van der Waals surface area contributed by atoms with E-state index in [1.165, 1.54) is 19.3 Å². The molecule has 5 nitrogen and oxygen atoms in total. The molecule has 1 aliphatic carbocycles. The second kappa shape index (κ2) is 5.96. The molecule has 1 fully saturated rings. The van der Waals surface area contributed by atoms with Gasteiger partial charge in [-0.05, 0) is 19.3 Å². The summed E-state index contributed by atoms with van der Waals surface area (Å²) in [4.78, 5) is 0. The van der Waals surface area contributed by atoms with Gasteiger partial charge in [0.25, 0.3) is 0 Å². The number of rotatable bonds is 6. The minimum absolute atomic E-state index is 0.0651. The van der Waals surface area contributed by atoms with Gasteiger partial charge in [-0.15, -0.1) is 5.10 Å². The molecule has 0 radical (unpaired) electrons. The van der Waals surface area contributed by atoms with Crippen LogP contribution in [0.25, 0.3) is 0 Å². The Bertz CT molecular complexity index is 431. The van der Waals surface area contributed by atoms with Gasteiger partial charge in [0.1, 0.15) is 5.69 Å². The van der Waals surface area contributed by atoms with E-state index in [-0.39, 0.29) is 6.10 Å². The number of methoxy groups -OCH3 is 1. The summed E-state index contributed by atoms with van der Waals surface area (Å²) in [5, 5.41) is 17.1. The van der Waals surface area contributed by atoms with E-state index in [0.29, 0.717) is 6.42 Å². The van der Waals surface area contributed by atoms with Gasteiger partial charge in [0.2, 0.25) is 0 Å². The van der Waals surface area contributed by atoms with Crippen molar-refractivity contribution < 1.29 is 4.74 Å². The van der Waals surface area contributed by atoms with E-state index in [2.05, 4.69) is 16.4 Å². The van der Waals surface area contributed by atoms with E-state index in [1.807, 2.05) is 11.6 Å². The molecule has 1 aromatic heterocycles. The lowest BCUT2D eigenvalue weighted by molar-refractivity contribution is 0.109. The molecule has 5 heteroatoms. The zero-order valence-corrected chi connectivity index (χ0v) is 11.1. The Morgan fingerprint density at radius 1 is 1.56 bits per heavy atom. The van der Waals surface area contributed by atoms with Gasteiger partial charge in [0.05, 0.1) is 24.3 Å². The van der Waals surface area contributed by atoms with Crippen LogP contribution in [0.2, 0.25) is 0 Å². The molecule has 0 amide bonds. The Morgan fingerprint density at radius 3 is 2.89 bits per heavy atom. The van der Waals surface area contributed by atoms with Gasteiger partial charge in [-0.2, -0.15) is 5.26 Å². The Hall–Kier alpha value is -1.41. The molecule has 0 N–H and O–H groups in total. The molecule has 1 aromatic rings. The average molecular weight is 248 g/mol. The highest BCUT2D eigenvalue weighted by atomic mass is 16.5. The number of aromatic nitrogens is 3. The van der Waals surface area contributed by atoms with Gasteiger partial charge < -0.3 is 4.74 Å². The van der Waals surface area contributed by atoms with E-state index < -0.39 is 0 Å². The van der Waals surface area contributed by atoms with Crippen molar-refractivity contribution in [2.75, 3.05) is 7.11 Å². The fraction of sp³-hybridized carbons (Fsp3) is 0.769. The largest absolute Gasteiger partial charge is 0.375 e. The normalized spacial score (nSPS) is 17.2. The summed E-state index contributed by atoms with van der Waals surface area (Å²) in [5.74, 6) is 0.847. The van der Waals surface area contributed by atoms with Crippen LogP contribution in [0.15, 0.2) is 0 Å². The zero-order chi connectivity index (χ0) is 13.0. The molecule has 0 aromatic carbocycles. The zero-order valence-electron chi connectivity index (χ0n) is 11.1. The van der Waals surface area contributed by atoms with Crippen LogP contribution in [0.4, 0.5) is 0 Å². The average Bonchev–Trinajstić information content (AvgIpc) is 2.70. The van der Waals surface area contributed by atoms with Gasteiger partial charge in [-0.1, -0.05) is 24.5 Å². The highest BCUT2D eigenvalue weighted by molar-refractivity contribution is 5.16. The molecule has 0 spiro atoms. The van der Waals surface area contributed by atoms with Crippen molar-refractivity contribution in [1.29, 1.82) is 5.26 Å². The number of nitrogens with zero attached hydrogens (tertiary/aromatic N) is 4. The molecule has 1 atom stereocenters. The number of nitriles is 1. The van der Waals surface area contributed by atoms with Crippen molar-refractivity contribution >= 4 is 0 Å². The molecule has 0 aliphatic heterocycles. The van der Waals surface area contributed by atoms with E-state index in [0.717, 1.165) is 30.3 Å². The third kappa shape index (κ3) is 2.70. The third-order valence-electron chi connectivity index (χ3n) is 3.81. The fourth-order valence-corrected chi connectivity index (χ4v) is 2.36. The summed E-state index contributed by atoms with van der Waals surface area (Å²) >= 11 is 0. The molecule has 18 heavy (non-hydrogen) atoms. The predicted octanol–water partition coefficient (Wildman–Crippen LogP) is 2.24.